The van der Waals surface area contributed by atoms with E-state index in [-0.39, 0.29) is 23.0 Å². The van der Waals surface area contributed by atoms with Gasteiger partial charge in [-0.25, -0.2) is 0 Å². The lowest BCUT2D eigenvalue weighted by atomic mass is 10.1. The molecular weight excluding hydrogens is 470 g/mol. The van der Waals surface area contributed by atoms with Crippen LogP contribution in [0.2, 0.25) is 0 Å². The number of furan rings is 1. The van der Waals surface area contributed by atoms with Gasteiger partial charge in [-0.05, 0) is 60.6 Å². The van der Waals surface area contributed by atoms with E-state index in [1.165, 1.54) is 35.1 Å². The van der Waals surface area contributed by atoms with Crippen LogP contribution in [0.3, 0.4) is 0 Å². The zero-order chi connectivity index (χ0) is 25.1. The summed E-state index contributed by atoms with van der Waals surface area (Å²) in [4.78, 5) is 38.6. The zero-order valence-electron chi connectivity index (χ0n) is 19.0. The summed E-state index contributed by atoms with van der Waals surface area (Å²) < 4.78 is 10.6. The first-order valence-electron chi connectivity index (χ1n) is 10.7. The molecule has 35 heavy (non-hydrogen) atoms. The molecule has 10 heteroatoms. The summed E-state index contributed by atoms with van der Waals surface area (Å²) in [6.07, 6.45) is 2.36. The van der Waals surface area contributed by atoms with Gasteiger partial charge in [0.1, 0.15) is 23.8 Å². The van der Waals surface area contributed by atoms with Crippen LogP contribution in [-0.4, -0.2) is 40.5 Å². The van der Waals surface area contributed by atoms with Crippen molar-refractivity contribution in [3.63, 3.8) is 0 Å². The van der Waals surface area contributed by atoms with Crippen molar-refractivity contribution in [2.75, 3.05) is 18.6 Å². The molecule has 0 aliphatic carbocycles. The van der Waals surface area contributed by atoms with E-state index in [2.05, 4.69) is 0 Å². The van der Waals surface area contributed by atoms with Crippen molar-refractivity contribution in [1.29, 1.82) is 0 Å². The Kier molecular flexibility index (Phi) is 6.74. The zero-order valence-corrected chi connectivity index (χ0v) is 19.8. The SMILES string of the molecule is CCc1ccc(N2C(=O)/C(=C/c3ccc(-c4ccc([N+](=O)[O-])cc4)o3)N(CC(=O)OC)C2=S)cc1. The van der Waals surface area contributed by atoms with E-state index in [0.29, 0.717) is 22.8 Å². The van der Waals surface area contributed by atoms with Gasteiger partial charge in [0.25, 0.3) is 11.6 Å². The predicted octanol–water partition coefficient (Wildman–Crippen LogP) is 4.56. The summed E-state index contributed by atoms with van der Waals surface area (Å²) in [7, 11) is 1.26. The number of amides is 1. The number of nitro benzene ring substituents is 1. The lowest BCUT2D eigenvalue weighted by molar-refractivity contribution is -0.384. The van der Waals surface area contributed by atoms with Gasteiger partial charge in [0, 0.05) is 23.8 Å². The minimum absolute atomic E-state index is 0.0294. The molecule has 0 radical (unpaired) electrons. The summed E-state index contributed by atoms with van der Waals surface area (Å²) in [5.41, 5.74) is 2.46. The van der Waals surface area contributed by atoms with E-state index in [9.17, 15) is 19.7 Å². The fourth-order valence-corrected chi connectivity index (χ4v) is 3.95. The van der Waals surface area contributed by atoms with Gasteiger partial charge in [-0.2, -0.15) is 0 Å². The molecular formula is C25H21N3O6S. The summed E-state index contributed by atoms with van der Waals surface area (Å²) in [6, 6.07) is 16.7. The molecule has 4 rings (SSSR count). The number of carbonyl (C=O) groups is 2. The Bertz CT molecular complexity index is 1330. The van der Waals surface area contributed by atoms with Crippen molar-refractivity contribution in [1.82, 2.24) is 4.90 Å². The second-order valence-corrected chi connectivity index (χ2v) is 8.01. The van der Waals surface area contributed by atoms with Crippen LogP contribution in [0.25, 0.3) is 17.4 Å². The molecule has 1 fully saturated rings. The lowest BCUT2D eigenvalue weighted by Gasteiger charge is -2.19. The summed E-state index contributed by atoms with van der Waals surface area (Å²) >= 11 is 5.55. The number of esters is 1. The van der Waals surface area contributed by atoms with Gasteiger partial charge < -0.3 is 14.1 Å². The van der Waals surface area contributed by atoms with E-state index in [1.807, 2.05) is 31.2 Å². The van der Waals surface area contributed by atoms with Crippen LogP contribution in [0.15, 0.2) is 70.8 Å². The first kappa shape index (κ1) is 23.8. The first-order chi connectivity index (χ1) is 16.8. The molecule has 0 bridgehead atoms. The molecule has 0 N–H and O–H groups in total. The van der Waals surface area contributed by atoms with Gasteiger partial charge in [0.2, 0.25) is 0 Å². The average molecular weight is 492 g/mol. The van der Waals surface area contributed by atoms with Crippen molar-refractivity contribution >= 4 is 46.7 Å². The third kappa shape index (κ3) is 4.82. The van der Waals surface area contributed by atoms with E-state index < -0.39 is 16.8 Å². The Morgan fingerprint density at radius 1 is 1.11 bits per heavy atom. The number of methoxy groups -OCH3 is 1. The Morgan fingerprint density at radius 3 is 2.40 bits per heavy atom. The molecule has 1 aliphatic rings. The van der Waals surface area contributed by atoms with Crippen LogP contribution < -0.4 is 4.90 Å². The van der Waals surface area contributed by atoms with Crippen LogP contribution in [0.5, 0.6) is 0 Å². The number of carbonyl (C=O) groups excluding carboxylic acids is 2. The van der Waals surface area contributed by atoms with E-state index in [0.717, 1.165) is 12.0 Å². The Labute approximate surface area is 206 Å². The van der Waals surface area contributed by atoms with Gasteiger partial charge in [0.05, 0.1) is 17.7 Å². The van der Waals surface area contributed by atoms with Gasteiger partial charge >= 0.3 is 5.97 Å². The molecule has 178 valence electrons. The number of benzene rings is 2. The van der Waals surface area contributed by atoms with Gasteiger partial charge in [-0.15, -0.1) is 0 Å². The molecule has 3 aromatic rings. The van der Waals surface area contributed by atoms with E-state index in [4.69, 9.17) is 21.4 Å². The normalized spacial score (nSPS) is 14.6. The number of hydrogen-bond donors (Lipinski definition) is 0. The van der Waals surface area contributed by atoms with Crippen molar-refractivity contribution in [3.8, 4) is 11.3 Å². The molecule has 1 aliphatic heterocycles. The fourth-order valence-electron chi connectivity index (χ4n) is 3.60. The van der Waals surface area contributed by atoms with Crippen molar-refractivity contribution in [3.05, 3.63) is 87.8 Å². The number of aryl methyl sites for hydroxylation is 1. The predicted molar refractivity (Wildman–Crippen MR) is 133 cm³/mol. The average Bonchev–Trinajstić information content (AvgIpc) is 3.43. The second kappa shape index (κ2) is 9.90. The number of hydrogen-bond acceptors (Lipinski definition) is 7. The third-order valence-corrected chi connectivity index (χ3v) is 5.92. The monoisotopic (exact) mass is 491 g/mol. The summed E-state index contributed by atoms with van der Waals surface area (Å²) in [5.74, 6) is -0.148. The van der Waals surface area contributed by atoms with Crippen molar-refractivity contribution in [2.24, 2.45) is 0 Å². The number of ether oxygens (including phenoxy) is 1. The lowest BCUT2D eigenvalue weighted by Crippen LogP contribution is -2.35. The van der Waals surface area contributed by atoms with Crippen LogP contribution in [-0.2, 0) is 20.7 Å². The number of thiocarbonyl (C=S) groups is 1. The molecule has 0 unspecified atom stereocenters. The van der Waals surface area contributed by atoms with E-state index >= 15 is 0 Å². The Hall–Kier alpha value is -4.31. The number of nitro groups is 1. The summed E-state index contributed by atoms with van der Waals surface area (Å²) in [6.45, 7) is 1.79. The quantitative estimate of drug-likeness (QED) is 0.156. The molecule has 9 nitrogen and oxygen atoms in total. The smallest absolute Gasteiger partial charge is 0.325 e. The Morgan fingerprint density at radius 2 is 1.80 bits per heavy atom. The van der Waals surface area contributed by atoms with Crippen LogP contribution >= 0.6 is 12.2 Å². The molecule has 1 aromatic heterocycles. The molecule has 1 saturated heterocycles. The minimum atomic E-state index is -0.555. The van der Waals surface area contributed by atoms with Gasteiger partial charge in [-0.1, -0.05) is 19.1 Å². The van der Waals surface area contributed by atoms with Crippen LogP contribution in [0.1, 0.15) is 18.2 Å². The highest BCUT2D eigenvalue weighted by Gasteiger charge is 2.40. The minimum Gasteiger partial charge on any atom is -0.468 e. The summed E-state index contributed by atoms with van der Waals surface area (Å²) in [5, 5.41) is 11.0. The first-order valence-corrected chi connectivity index (χ1v) is 11.1. The molecule has 1 amide bonds. The number of nitrogens with zero attached hydrogens (tertiary/aromatic N) is 3. The molecule has 0 atom stereocenters. The number of non-ortho nitro benzene ring substituents is 1. The topological polar surface area (TPSA) is 106 Å². The molecule has 2 heterocycles. The maximum atomic E-state index is 13.4. The molecule has 0 spiro atoms. The largest absolute Gasteiger partial charge is 0.468 e. The fraction of sp³-hybridized carbons (Fsp3) is 0.160. The van der Waals surface area contributed by atoms with Crippen molar-refractivity contribution in [2.45, 2.75) is 13.3 Å². The highest BCUT2D eigenvalue weighted by atomic mass is 32.1. The molecule has 2 aromatic carbocycles. The van der Waals surface area contributed by atoms with Crippen LogP contribution in [0, 0.1) is 10.1 Å². The number of rotatable bonds is 7. The van der Waals surface area contributed by atoms with Crippen LogP contribution in [0.4, 0.5) is 11.4 Å². The second-order valence-electron chi connectivity index (χ2n) is 7.64. The maximum absolute atomic E-state index is 13.4. The van der Waals surface area contributed by atoms with Gasteiger partial charge in [0.15, 0.2) is 5.11 Å². The standard InChI is InChI=1S/C25H21N3O6S/c1-3-16-4-8-18(9-5-16)27-24(30)21(26(25(27)35)15-23(29)33-2)14-20-12-13-22(34-20)17-6-10-19(11-7-17)28(31)32/h4-14H,3,15H2,1-2H3/b21-14-. The van der Waals surface area contributed by atoms with E-state index in [1.54, 1.807) is 24.3 Å². The molecule has 0 saturated carbocycles. The maximum Gasteiger partial charge on any atom is 0.325 e. The Balaban J connectivity index is 1.68. The highest BCUT2D eigenvalue weighted by Crippen LogP contribution is 2.31. The van der Waals surface area contributed by atoms with Crippen molar-refractivity contribution < 1.29 is 23.7 Å². The van der Waals surface area contributed by atoms with Gasteiger partial charge in [-0.3, -0.25) is 24.6 Å². The highest BCUT2D eigenvalue weighted by molar-refractivity contribution is 7.80. The third-order valence-electron chi connectivity index (χ3n) is 5.52. The number of anilines is 1.